The van der Waals surface area contributed by atoms with Gasteiger partial charge in [-0.25, -0.2) is 4.99 Å². The van der Waals surface area contributed by atoms with Gasteiger partial charge in [0, 0.05) is 18.6 Å². The summed E-state index contributed by atoms with van der Waals surface area (Å²) in [6.07, 6.45) is 6.46. The highest BCUT2D eigenvalue weighted by molar-refractivity contribution is 6.16. The highest BCUT2D eigenvalue weighted by Gasteiger charge is 1.73. The van der Waals surface area contributed by atoms with Gasteiger partial charge >= 0.3 is 0 Å². The average Bonchev–Trinajstić information content (AvgIpc) is 2.01. The van der Waals surface area contributed by atoms with Crippen molar-refractivity contribution >= 4 is 25.0 Å². The first-order valence-corrected chi connectivity index (χ1v) is 2.98. The third-order valence-corrected chi connectivity index (χ3v) is 0.882. The van der Waals surface area contributed by atoms with Crippen molar-refractivity contribution in [3.05, 3.63) is 0 Å². The molecule has 0 spiro atoms. The van der Waals surface area contributed by atoms with Gasteiger partial charge in [-0.1, -0.05) is 0 Å². The Morgan fingerprint density at radius 1 is 1.00 bits per heavy atom. The lowest BCUT2D eigenvalue weighted by Crippen LogP contribution is -1.88. The molecule has 0 unspecified atom stereocenters. The minimum absolute atomic E-state index is 0.434. The first-order valence-electron chi connectivity index (χ1n) is 2.98. The summed E-state index contributed by atoms with van der Waals surface area (Å²) in [4.78, 5) is 15.5. The molecule has 0 radical (unpaired) electrons. The van der Waals surface area contributed by atoms with Crippen LogP contribution in [0.15, 0.2) is 20.0 Å². The zero-order chi connectivity index (χ0) is 7.07. The van der Waals surface area contributed by atoms with Crippen LogP contribution in [0.5, 0.6) is 0 Å². The van der Waals surface area contributed by atoms with E-state index in [0.29, 0.717) is 13.2 Å². The summed E-state index contributed by atoms with van der Waals surface area (Å²) in [5, 5.41) is 0. The Labute approximate surface area is 59.1 Å². The van der Waals surface area contributed by atoms with Gasteiger partial charge in [-0.2, -0.15) is 0 Å². The van der Waals surface area contributed by atoms with E-state index in [2.05, 4.69) is 20.0 Å². The Morgan fingerprint density at radius 2 is 1.90 bits per heavy atom. The van der Waals surface area contributed by atoms with Crippen LogP contribution in [0.1, 0.15) is 0 Å². The summed E-state index contributed by atoms with van der Waals surface area (Å²) >= 11 is 0. The van der Waals surface area contributed by atoms with Crippen molar-refractivity contribution in [2.75, 3.05) is 13.2 Å². The fourth-order valence-electron chi connectivity index (χ4n) is 0.474. The van der Waals surface area contributed by atoms with Crippen LogP contribution in [0.25, 0.3) is 0 Å². The second kappa shape index (κ2) is 4.55. The van der Waals surface area contributed by atoms with Crippen LogP contribution < -0.4 is 0 Å². The summed E-state index contributed by atoms with van der Waals surface area (Å²) in [6, 6.07) is 0. The maximum atomic E-state index is 3.95. The van der Waals surface area contributed by atoms with Crippen molar-refractivity contribution in [3.8, 4) is 0 Å². The van der Waals surface area contributed by atoms with Gasteiger partial charge in [0.25, 0.3) is 0 Å². The van der Waals surface area contributed by atoms with Crippen molar-refractivity contribution in [3.63, 3.8) is 0 Å². The molecular formula is C6H8N4. The van der Waals surface area contributed by atoms with Gasteiger partial charge in [0.2, 0.25) is 0 Å². The van der Waals surface area contributed by atoms with E-state index in [4.69, 9.17) is 0 Å². The number of hydrogen-bond acceptors (Lipinski definition) is 4. The number of aliphatic imine (C=N–C) groups is 4. The van der Waals surface area contributed by atoms with Crippen LogP contribution in [0.4, 0.5) is 0 Å². The van der Waals surface area contributed by atoms with Gasteiger partial charge in [-0.05, 0) is 0 Å². The lowest BCUT2D eigenvalue weighted by Gasteiger charge is -1.84. The Balaban J connectivity index is 2.50. The van der Waals surface area contributed by atoms with E-state index in [1.165, 1.54) is 6.34 Å². The third kappa shape index (κ3) is 2.86. The van der Waals surface area contributed by atoms with Crippen molar-refractivity contribution < 1.29 is 0 Å². The fraction of sp³-hybridized carbons (Fsp3) is 0.333. The second-order valence-corrected chi connectivity index (χ2v) is 1.62. The van der Waals surface area contributed by atoms with Crippen molar-refractivity contribution in [2.45, 2.75) is 0 Å². The summed E-state index contributed by atoms with van der Waals surface area (Å²) < 4.78 is 0. The fourth-order valence-corrected chi connectivity index (χ4v) is 0.474. The molecule has 1 heterocycles. The number of rotatable bonds is 0. The largest absolute Gasteiger partial charge is 0.286 e. The van der Waals surface area contributed by atoms with Crippen molar-refractivity contribution in [2.24, 2.45) is 20.0 Å². The molecule has 0 saturated carbocycles. The lowest BCUT2D eigenvalue weighted by atomic mass is 10.7. The smallest absolute Gasteiger partial charge is 0.131 e. The van der Waals surface area contributed by atoms with Crippen LogP contribution >= 0.6 is 0 Å². The minimum atomic E-state index is 0.434. The van der Waals surface area contributed by atoms with Crippen LogP contribution in [0.3, 0.4) is 0 Å². The molecule has 0 aromatic carbocycles. The standard InChI is InChI=1S/C6H8N4/c1-3-8-5-10-6-9-4-2-7-1/h1,3-4,6H,2,5H2/b7-1?,8-3-,9-4?,10-6-. The van der Waals surface area contributed by atoms with E-state index >= 15 is 0 Å². The van der Waals surface area contributed by atoms with E-state index in [1.54, 1.807) is 18.6 Å². The molecule has 0 aliphatic carbocycles. The molecule has 0 atom stereocenters. The van der Waals surface area contributed by atoms with Crippen molar-refractivity contribution in [1.29, 1.82) is 0 Å². The molecule has 0 aromatic heterocycles. The zero-order valence-electron chi connectivity index (χ0n) is 5.51. The third-order valence-electron chi connectivity index (χ3n) is 0.882. The van der Waals surface area contributed by atoms with E-state index < -0.39 is 0 Å². The summed E-state index contributed by atoms with van der Waals surface area (Å²) in [6.45, 7) is 1.03. The Morgan fingerprint density at radius 3 is 2.90 bits per heavy atom. The maximum absolute atomic E-state index is 3.95. The number of hydrogen-bond donors (Lipinski definition) is 0. The maximum Gasteiger partial charge on any atom is 0.131 e. The zero-order valence-corrected chi connectivity index (χ0v) is 5.51. The highest BCUT2D eigenvalue weighted by atomic mass is 15.0. The average molecular weight is 136 g/mol. The minimum Gasteiger partial charge on any atom is -0.286 e. The van der Waals surface area contributed by atoms with E-state index in [1.807, 2.05) is 0 Å². The molecule has 1 rings (SSSR count). The predicted molar refractivity (Wildman–Crippen MR) is 43.7 cm³/mol. The molecule has 52 valence electrons. The monoisotopic (exact) mass is 136 g/mol. The van der Waals surface area contributed by atoms with Gasteiger partial charge in [0.1, 0.15) is 13.0 Å². The molecule has 1 aliphatic heterocycles. The first-order chi connectivity index (χ1) is 5.00. The van der Waals surface area contributed by atoms with E-state index in [0.717, 1.165) is 0 Å². The SMILES string of the molecule is C1=N/C=N\C/N=C\C=NC1. The first kappa shape index (κ1) is 6.80. The Bertz CT molecular complexity index is 148. The van der Waals surface area contributed by atoms with Crippen LogP contribution in [0, 0.1) is 0 Å². The molecule has 4 heteroatoms. The summed E-state index contributed by atoms with van der Waals surface area (Å²) in [5.74, 6) is 0. The highest BCUT2D eigenvalue weighted by Crippen LogP contribution is 1.72. The molecule has 0 bridgehead atoms. The van der Waals surface area contributed by atoms with Crippen LogP contribution in [-0.4, -0.2) is 38.2 Å². The normalized spacial score (nSPS) is 24.0. The Kier molecular flexibility index (Phi) is 3.09. The van der Waals surface area contributed by atoms with Crippen molar-refractivity contribution in [1.82, 2.24) is 0 Å². The van der Waals surface area contributed by atoms with E-state index in [-0.39, 0.29) is 0 Å². The quantitative estimate of drug-likeness (QED) is 0.456. The van der Waals surface area contributed by atoms with Gasteiger partial charge in [0.05, 0.1) is 6.54 Å². The molecule has 4 nitrogen and oxygen atoms in total. The van der Waals surface area contributed by atoms with Crippen LogP contribution in [0.2, 0.25) is 0 Å². The van der Waals surface area contributed by atoms with Gasteiger partial charge < -0.3 is 0 Å². The predicted octanol–water partition coefficient (Wildman–Crippen LogP) is 0.198. The van der Waals surface area contributed by atoms with Gasteiger partial charge in [-0.3, -0.25) is 15.0 Å². The van der Waals surface area contributed by atoms with E-state index in [9.17, 15) is 0 Å². The molecule has 1 aliphatic rings. The molecule has 0 fully saturated rings. The second-order valence-electron chi connectivity index (χ2n) is 1.62. The molecule has 0 saturated heterocycles. The van der Waals surface area contributed by atoms with Gasteiger partial charge in [-0.15, -0.1) is 0 Å². The lowest BCUT2D eigenvalue weighted by molar-refractivity contribution is 1.08. The molecule has 0 N–H and O–H groups in total. The summed E-state index contributed by atoms with van der Waals surface area (Å²) in [7, 11) is 0. The molecule has 0 aromatic rings. The molecular weight excluding hydrogens is 128 g/mol. The topological polar surface area (TPSA) is 49.4 Å². The molecule has 0 amide bonds. The number of nitrogens with zero attached hydrogens (tertiary/aromatic N) is 4. The Hall–Kier alpha value is -1.32. The summed E-state index contributed by atoms with van der Waals surface area (Å²) in [5.41, 5.74) is 0. The molecule has 10 heavy (non-hydrogen) atoms. The van der Waals surface area contributed by atoms with Crippen LogP contribution in [-0.2, 0) is 0 Å². The van der Waals surface area contributed by atoms with Gasteiger partial charge in [0.15, 0.2) is 0 Å².